The number of carbonyl (C=O) groups excluding carboxylic acids is 5. The minimum absolute atomic E-state index is 0.00440. The second kappa shape index (κ2) is 21.0. The molecule has 0 aliphatic carbocycles. The van der Waals surface area contributed by atoms with Gasteiger partial charge in [-0.3, -0.25) is 15.6 Å². The number of benzene rings is 1. The van der Waals surface area contributed by atoms with Gasteiger partial charge in [-0.05, 0) is 87.3 Å². The van der Waals surface area contributed by atoms with Crippen LogP contribution in [0.3, 0.4) is 0 Å². The number of aliphatic imine (C=N–C) groups is 1. The number of guanidine groups is 1. The van der Waals surface area contributed by atoms with E-state index in [-0.39, 0.29) is 47.7 Å². The van der Waals surface area contributed by atoms with Gasteiger partial charge in [0.1, 0.15) is 22.8 Å². The molecule has 292 valence electrons. The number of alkyl carbamates (subject to hydrolysis) is 3. The molecule has 17 heteroatoms. The van der Waals surface area contributed by atoms with Gasteiger partial charge in [-0.25, -0.2) is 24.0 Å². The van der Waals surface area contributed by atoms with Crippen LogP contribution in [-0.4, -0.2) is 97.9 Å². The molecule has 0 saturated heterocycles. The topological polar surface area (TPSA) is 198 Å². The zero-order valence-corrected chi connectivity index (χ0v) is 32.8. The molecule has 0 radical (unpaired) electrons. The van der Waals surface area contributed by atoms with Gasteiger partial charge in [-0.15, -0.1) is 6.58 Å². The molecule has 0 aliphatic rings. The number of amides is 3. The van der Waals surface area contributed by atoms with Gasteiger partial charge in [0.15, 0.2) is 11.5 Å². The van der Waals surface area contributed by atoms with Crippen LogP contribution in [-0.2, 0) is 23.7 Å². The van der Waals surface area contributed by atoms with Crippen molar-refractivity contribution in [2.45, 2.75) is 98.0 Å². The molecule has 0 saturated carbocycles. The van der Waals surface area contributed by atoms with Gasteiger partial charge in [-0.1, -0.05) is 6.08 Å². The van der Waals surface area contributed by atoms with Gasteiger partial charge in [0, 0.05) is 18.1 Å². The fourth-order valence-corrected chi connectivity index (χ4v) is 4.48. The zero-order valence-electron chi connectivity index (χ0n) is 32.0. The van der Waals surface area contributed by atoms with E-state index in [4.69, 9.17) is 33.2 Å². The summed E-state index contributed by atoms with van der Waals surface area (Å²) < 4.78 is 37.6. The molecule has 0 bridgehead atoms. The van der Waals surface area contributed by atoms with Crippen LogP contribution in [0, 0.1) is 0 Å². The first kappa shape index (κ1) is 45.4. The number of carbonyl (C=O) groups is 5. The maximum absolute atomic E-state index is 13.3. The van der Waals surface area contributed by atoms with E-state index in [2.05, 4.69) is 27.5 Å². The molecule has 1 rings (SSSR count). The lowest BCUT2D eigenvalue weighted by molar-refractivity contribution is -0.136. The number of esters is 2. The van der Waals surface area contributed by atoms with Crippen LogP contribution in [0.1, 0.15) is 85.5 Å². The highest BCUT2D eigenvalue weighted by molar-refractivity contribution is 7.99. The van der Waals surface area contributed by atoms with E-state index in [1.807, 2.05) is 0 Å². The third-order valence-corrected chi connectivity index (χ3v) is 6.73. The van der Waals surface area contributed by atoms with E-state index < -0.39 is 53.1 Å². The quantitative estimate of drug-likeness (QED) is 0.0372. The molecular weight excluding hydrogens is 700 g/mol. The van der Waals surface area contributed by atoms with Crippen LogP contribution in [0.15, 0.2) is 29.8 Å². The number of methoxy groups -OCH3 is 2. The van der Waals surface area contributed by atoms with Gasteiger partial charge >= 0.3 is 30.2 Å². The molecule has 3 amide bonds. The predicted octanol–water partition coefficient (Wildman–Crippen LogP) is 5.76. The van der Waals surface area contributed by atoms with Crippen LogP contribution < -0.4 is 30.2 Å². The van der Waals surface area contributed by atoms with Crippen molar-refractivity contribution in [1.29, 1.82) is 0 Å². The lowest BCUT2D eigenvalue weighted by atomic mass is 10.1. The molecule has 0 fully saturated rings. The van der Waals surface area contributed by atoms with E-state index in [0.717, 1.165) is 0 Å². The molecule has 52 heavy (non-hydrogen) atoms. The number of hydrogen-bond donors (Lipinski definition) is 3. The second-order valence-corrected chi connectivity index (χ2v) is 15.1. The summed E-state index contributed by atoms with van der Waals surface area (Å²) in [7, 11) is 2.64. The van der Waals surface area contributed by atoms with Crippen molar-refractivity contribution in [3.05, 3.63) is 30.4 Å². The number of hydrogen-bond acceptors (Lipinski definition) is 14. The molecular formula is C35H54N4O12S. The zero-order chi connectivity index (χ0) is 39.7. The number of unbranched alkanes of at least 4 members (excludes halogenated alkanes) is 1. The van der Waals surface area contributed by atoms with Crippen molar-refractivity contribution in [2.24, 2.45) is 4.99 Å². The lowest BCUT2D eigenvalue weighted by Crippen LogP contribution is -2.47. The van der Waals surface area contributed by atoms with E-state index in [1.54, 1.807) is 68.4 Å². The Hall–Kier alpha value is -4.67. The summed E-state index contributed by atoms with van der Waals surface area (Å²) in [4.78, 5) is 67.4. The molecule has 1 aromatic rings. The SMILES string of the molecule is C=CCSC[C@H](NC(=O)OC(C)(C)C)C(=O)Oc1c(OC)cc(C(=O)OCCCCN=C(NC(=O)OC(C)(C)C)NC(=O)OC(C)(C)C)cc1OC. The Balaban J connectivity index is 2.96. The van der Waals surface area contributed by atoms with Crippen LogP contribution in [0.25, 0.3) is 0 Å². The monoisotopic (exact) mass is 754 g/mol. The maximum atomic E-state index is 13.3. The highest BCUT2D eigenvalue weighted by atomic mass is 32.2. The van der Waals surface area contributed by atoms with E-state index in [1.165, 1.54) is 38.1 Å². The first-order valence-corrected chi connectivity index (χ1v) is 17.6. The van der Waals surface area contributed by atoms with Crippen molar-refractivity contribution in [3.8, 4) is 17.2 Å². The summed E-state index contributed by atoms with van der Waals surface area (Å²) in [6, 6.07) is 1.56. The second-order valence-electron chi connectivity index (χ2n) is 14.0. The smallest absolute Gasteiger partial charge is 0.414 e. The Bertz CT molecular complexity index is 1370. The van der Waals surface area contributed by atoms with Gasteiger partial charge in [0.05, 0.1) is 26.4 Å². The summed E-state index contributed by atoms with van der Waals surface area (Å²) in [6.07, 6.45) is 0.0146. The number of thioether (sulfide) groups is 1. The van der Waals surface area contributed by atoms with Crippen molar-refractivity contribution < 1.29 is 57.1 Å². The Labute approximate surface area is 310 Å². The molecule has 1 aromatic carbocycles. The summed E-state index contributed by atoms with van der Waals surface area (Å²) >= 11 is 1.34. The molecule has 1 atom stereocenters. The maximum Gasteiger partial charge on any atom is 0.414 e. The Morgan fingerprint density at radius 3 is 1.77 bits per heavy atom. The van der Waals surface area contributed by atoms with E-state index in [9.17, 15) is 24.0 Å². The summed E-state index contributed by atoms with van der Waals surface area (Å²) in [5, 5.41) is 7.33. The van der Waals surface area contributed by atoms with E-state index >= 15 is 0 Å². The number of rotatable bonds is 15. The molecule has 0 spiro atoms. The van der Waals surface area contributed by atoms with Gasteiger partial charge < -0.3 is 38.5 Å². The average molecular weight is 755 g/mol. The fraction of sp³-hybridized carbons (Fsp3) is 0.600. The average Bonchev–Trinajstić information content (AvgIpc) is 2.99. The molecule has 0 unspecified atom stereocenters. The Morgan fingerprint density at radius 1 is 0.808 bits per heavy atom. The van der Waals surface area contributed by atoms with Gasteiger partial charge in [-0.2, -0.15) is 11.8 Å². The standard InChI is InChI=1S/C35H54N4O12S/c1-13-18-52-21-23(37-30(42)49-33(2,3)4)28(41)48-26-24(45-11)19-22(20-25(26)46-12)27(40)47-17-15-14-16-36-29(38-31(43)50-34(5,6)7)39-32(44)51-35(8,9)10/h13,19-20,23H,1,14-18,21H2,2-12H3,(H,37,42)(H2,36,38,39,43,44)/t23-/m0/s1. The fourth-order valence-electron chi connectivity index (χ4n) is 3.72. The summed E-state index contributed by atoms with van der Waals surface area (Å²) in [5.41, 5.74) is -2.29. The first-order valence-electron chi connectivity index (χ1n) is 16.4. The normalized spacial score (nSPS) is 11.9. The molecule has 0 heterocycles. The van der Waals surface area contributed by atoms with Gasteiger partial charge in [0.2, 0.25) is 11.7 Å². The van der Waals surface area contributed by atoms with Crippen LogP contribution in [0.5, 0.6) is 17.2 Å². The van der Waals surface area contributed by atoms with Crippen LogP contribution >= 0.6 is 11.8 Å². The minimum Gasteiger partial charge on any atom is -0.493 e. The highest BCUT2D eigenvalue weighted by Gasteiger charge is 2.29. The van der Waals surface area contributed by atoms with Gasteiger partial charge in [0.25, 0.3) is 0 Å². The van der Waals surface area contributed by atoms with Crippen molar-refractivity contribution >= 4 is 47.9 Å². The summed E-state index contributed by atoms with van der Waals surface area (Å²) in [5.74, 6) is -1.10. The predicted molar refractivity (Wildman–Crippen MR) is 196 cm³/mol. The van der Waals surface area contributed by atoms with Crippen molar-refractivity contribution in [3.63, 3.8) is 0 Å². The molecule has 0 aromatic heterocycles. The Kier molecular flexibility index (Phi) is 18.3. The molecule has 3 N–H and O–H groups in total. The third kappa shape index (κ3) is 19.1. The van der Waals surface area contributed by atoms with Crippen LogP contribution in [0.4, 0.5) is 14.4 Å². The molecule has 0 aliphatic heterocycles. The minimum atomic E-state index is -1.10. The third-order valence-electron chi connectivity index (χ3n) is 5.69. The number of nitrogens with zero attached hydrogens (tertiary/aromatic N) is 1. The summed E-state index contributed by atoms with van der Waals surface area (Å²) in [6.45, 7) is 19.1. The highest BCUT2D eigenvalue weighted by Crippen LogP contribution is 2.39. The molecule has 16 nitrogen and oxygen atoms in total. The lowest BCUT2D eigenvalue weighted by Gasteiger charge is -2.23. The van der Waals surface area contributed by atoms with Crippen molar-refractivity contribution in [1.82, 2.24) is 16.0 Å². The van der Waals surface area contributed by atoms with Crippen molar-refractivity contribution in [2.75, 3.05) is 38.9 Å². The number of ether oxygens (including phenoxy) is 7. The number of nitrogens with one attached hydrogen (secondary N) is 3. The van der Waals surface area contributed by atoms with Crippen LogP contribution in [0.2, 0.25) is 0 Å². The van der Waals surface area contributed by atoms with E-state index in [0.29, 0.717) is 18.6 Å². The first-order chi connectivity index (χ1) is 24.1. The Morgan fingerprint density at radius 2 is 1.31 bits per heavy atom. The largest absolute Gasteiger partial charge is 0.493 e.